The summed E-state index contributed by atoms with van der Waals surface area (Å²) in [6, 6.07) is 7.19. The molecule has 0 atom stereocenters. The molecule has 0 spiro atoms. The minimum Gasteiger partial charge on any atom is -0.444 e. The zero-order chi connectivity index (χ0) is 14.9. The summed E-state index contributed by atoms with van der Waals surface area (Å²) in [6.07, 6.45) is 1.17. The molecule has 1 aromatic carbocycles. The largest absolute Gasteiger partial charge is 0.444 e. The van der Waals surface area contributed by atoms with E-state index in [9.17, 15) is 9.59 Å². The van der Waals surface area contributed by atoms with Gasteiger partial charge in [-0.2, -0.15) is 0 Å². The molecule has 0 aliphatic rings. The van der Waals surface area contributed by atoms with E-state index in [4.69, 9.17) is 4.74 Å². The van der Waals surface area contributed by atoms with Gasteiger partial charge in [0.05, 0.1) is 11.2 Å². The summed E-state index contributed by atoms with van der Waals surface area (Å²) in [5.41, 5.74) is 0.825. The van der Waals surface area contributed by atoms with Crippen molar-refractivity contribution in [2.24, 2.45) is 0 Å². The minimum absolute atomic E-state index is 0.0746. The summed E-state index contributed by atoms with van der Waals surface area (Å²) < 4.78 is 6.76. The average molecular weight is 274 g/mol. The van der Waals surface area contributed by atoms with Gasteiger partial charge in [0.15, 0.2) is 0 Å². The molecular weight excluding hydrogens is 256 g/mol. The first kappa shape index (κ1) is 14.1. The standard InChI is InChI=1S/C15H18N2O3/c1-10(18)17-9-8-11-12(6-5-7-13(11)17)16-14(19)20-15(2,3)4/h5-9H,1-4H3,(H,16,19). The van der Waals surface area contributed by atoms with Gasteiger partial charge in [-0.15, -0.1) is 0 Å². The van der Waals surface area contributed by atoms with E-state index in [1.807, 2.05) is 6.07 Å². The molecule has 0 saturated carbocycles. The van der Waals surface area contributed by atoms with Crippen LogP contribution in [0.25, 0.3) is 10.9 Å². The van der Waals surface area contributed by atoms with E-state index in [1.54, 1.807) is 45.2 Å². The number of ether oxygens (including phenoxy) is 1. The Morgan fingerprint density at radius 1 is 1.20 bits per heavy atom. The fourth-order valence-corrected chi connectivity index (χ4v) is 1.96. The molecule has 2 aromatic rings. The first-order chi connectivity index (χ1) is 9.28. The topological polar surface area (TPSA) is 60.3 Å². The molecule has 1 heterocycles. The van der Waals surface area contributed by atoms with Gasteiger partial charge < -0.3 is 4.74 Å². The molecular formula is C15H18N2O3. The van der Waals surface area contributed by atoms with Gasteiger partial charge in [-0.25, -0.2) is 4.79 Å². The maximum absolute atomic E-state index is 11.8. The number of nitrogens with one attached hydrogen (secondary N) is 1. The van der Waals surface area contributed by atoms with Gasteiger partial charge in [-0.05, 0) is 39.0 Å². The van der Waals surface area contributed by atoms with Gasteiger partial charge in [0, 0.05) is 18.5 Å². The Kier molecular flexibility index (Phi) is 3.53. The summed E-state index contributed by atoms with van der Waals surface area (Å²) in [6.45, 7) is 6.91. The monoisotopic (exact) mass is 274 g/mol. The second-order valence-corrected chi connectivity index (χ2v) is 5.57. The van der Waals surface area contributed by atoms with E-state index >= 15 is 0 Å². The summed E-state index contributed by atoms with van der Waals surface area (Å²) in [4.78, 5) is 23.3. The molecule has 0 radical (unpaired) electrons. The third kappa shape index (κ3) is 2.99. The van der Waals surface area contributed by atoms with Crippen LogP contribution in [0, 0.1) is 0 Å². The van der Waals surface area contributed by atoms with E-state index in [2.05, 4.69) is 5.32 Å². The van der Waals surface area contributed by atoms with Gasteiger partial charge >= 0.3 is 6.09 Å². The Bertz CT molecular complexity index is 665. The van der Waals surface area contributed by atoms with Crippen molar-refractivity contribution in [1.29, 1.82) is 0 Å². The van der Waals surface area contributed by atoms with Crippen molar-refractivity contribution in [3.8, 4) is 0 Å². The fourth-order valence-electron chi connectivity index (χ4n) is 1.96. The van der Waals surface area contributed by atoms with Crippen LogP contribution in [0.2, 0.25) is 0 Å². The molecule has 106 valence electrons. The Hall–Kier alpha value is -2.30. The highest BCUT2D eigenvalue weighted by Gasteiger charge is 2.17. The van der Waals surface area contributed by atoms with Gasteiger partial charge in [0.25, 0.3) is 0 Å². The number of amides is 1. The van der Waals surface area contributed by atoms with Crippen LogP contribution < -0.4 is 5.32 Å². The van der Waals surface area contributed by atoms with Crippen LogP contribution in [0.4, 0.5) is 10.5 Å². The molecule has 1 N–H and O–H groups in total. The summed E-state index contributed by atoms with van der Waals surface area (Å²) in [5, 5.41) is 3.51. The van der Waals surface area contributed by atoms with E-state index in [-0.39, 0.29) is 5.91 Å². The smallest absolute Gasteiger partial charge is 0.412 e. The zero-order valence-electron chi connectivity index (χ0n) is 12.1. The lowest BCUT2D eigenvalue weighted by Gasteiger charge is -2.19. The average Bonchev–Trinajstić information content (AvgIpc) is 2.71. The van der Waals surface area contributed by atoms with Crippen molar-refractivity contribution in [2.75, 3.05) is 5.32 Å². The highest BCUT2D eigenvalue weighted by Crippen LogP contribution is 2.25. The molecule has 0 unspecified atom stereocenters. The highest BCUT2D eigenvalue weighted by atomic mass is 16.6. The number of nitrogens with zero attached hydrogens (tertiary/aromatic N) is 1. The summed E-state index contributed by atoms with van der Waals surface area (Å²) >= 11 is 0. The number of hydrogen-bond acceptors (Lipinski definition) is 3. The van der Waals surface area contributed by atoms with Crippen LogP contribution in [0.3, 0.4) is 0 Å². The van der Waals surface area contributed by atoms with Crippen molar-refractivity contribution < 1.29 is 14.3 Å². The first-order valence-corrected chi connectivity index (χ1v) is 6.39. The Morgan fingerprint density at radius 3 is 2.50 bits per heavy atom. The van der Waals surface area contributed by atoms with Crippen LogP contribution in [-0.2, 0) is 4.74 Å². The Labute approximate surface area is 117 Å². The second kappa shape index (κ2) is 5.00. The normalized spacial score (nSPS) is 11.4. The van der Waals surface area contributed by atoms with Crippen molar-refractivity contribution in [3.05, 3.63) is 30.5 Å². The lowest BCUT2D eigenvalue weighted by atomic mass is 10.2. The lowest BCUT2D eigenvalue weighted by molar-refractivity contribution is 0.0636. The number of rotatable bonds is 1. The Morgan fingerprint density at radius 2 is 1.90 bits per heavy atom. The molecule has 0 bridgehead atoms. The van der Waals surface area contributed by atoms with E-state index in [0.717, 1.165) is 10.9 Å². The van der Waals surface area contributed by atoms with E-state index in [1.165, 1.54) is 11.5 Å². The third-order valence-electron chi connectivity index (χ3n) is 2.71. The number of hydrogen-bond donors (Lipinski definition) is 1. The van der Waals surface area contributed by atoms with E-state index in [0.29, 0.717) is 5.69 Å². The van der Waals surface area contributed by atoms with Crippen molar-refractivity contribution in [1.82, 2.24) is 4.57 Å². The van der Waals surface area contributed by atoms with Gasteiger partial charge in [0.2, 0.25) is 5.91 Å². The predicted octanol–water partition coefficient (Wildman–Crippen LogP) is 3.65. The minimum atomic E-state index is -0.552. The number of fused-ring (bicyclic) bond motifs is 1. The third-order valence-corrected chi connectivity index (χ3v) is 2.71. The molecule has 20 heavy (non-hydrogen) atoms. The molecule has 5 heteroatoms. The lowest BCUT2D eigenvalue weighted by Crippen LogP contribution is -2.27. The van der Waals surface area contributed by atoms with Crippen molar-refractivity contribution in [2.45, 2.75) is 33.3 Å². The summed E-state index contributed by atoms with van der Waals surface area (Å²) in [5.74, 6) is -0.0746. The zero-order valence-corrected chi connectivity index (χ0v) is 12.1. The van der Waals surface area contributed by atoms with Crippen LogP contribution >= 0.6 is 0 Å². The highest BCUT2D eigenvalue weighted by molar-refractivity contribution is 6.02. The predicted molar refractivity (Wildman–Crippen MR) is 78.1 cm³/mol. The molecule has 1 amide bonds. The maximum Gasteiger partial charge on any atom is 0.412 e. The van der Waals surface area contributed by atoms with E-state index < -0.39 is 11.7 Å². The number of aromatic nitrogens is 1. The van der Waals surface area contributed by atoms with Gasteiger partial charge in [-0.3, -0.25) is 14.7 Å². The van der Waals surface area contributed by atoms with Crippen LogP contribution in [0.15, 0.2) is 30.5 Å². The molecule has 0 saturated heterocycles. The van der Waals surface area contributed by atoms with Gasteiger partial charge in [0.1, 0.15) is 5.60 Å². The molecule has 1 aromatic heterocycles. The molecule has 0 aliphatic carbocycles. The first-order valence-electron chi connectivity index (χ1n) is 6.39. The maximum atomic E-state index is 11.8. The molecule has 2 rings (SSSR count). The van der Waals surface area contributed by atoms with Crippen molar-refractivity contribution in [3.63, 3.8) is 0 Å². The van der Waals surface area contributed by atoms with Crippen LogP contribution in [0.5, 0.6) is 0 Å². The fraction of sp³-hybridized carbons (Fsp3) is 0.333. The Balaban J connectivity index is 2.32. The molecule has 0 fully saturated rings. The SMILES string of the molecule is CC(=O)n1ccc2c(NC(=O)OC(C)(C)C)cccc21. The van der Waals surface area contributed by atoms with Crippen LogP contribution in [-0.4, -0.2) is 22.2 Å². The van der Waals surface area contributed by atoms with Gasteiger partial charge in [-0.1, -0.05) is 6.07 Å². The van der Waals surface area contributed by atoms with Crippen LogP contribution in [0.1, 0.15) is 32.5 Å². The summed E-state index contributed by atoms with van der Waals surface area (Å²) in [7, 11) is 0. The second-order valence-electron chi connectivity index (χ2n) is 5.57. The quantitative estimate of drug-likeness (QED) is 0.863. The molecule has 5 nitrogen and oxygen atoms in total. The number of anilines is 1. The molecule has 0 aliphatic heterocycles. The number of benzene rings is 1. The number of carbonyl (C=O) groups excluding carboxylic acids is 2. The number of carbonyl (C=O) groups is 2. The van der Waals surface area contributed by atoms with Crippen molar-refractivity contribution >= 4 is 28.6 Å².